The Hall–Kier alpha value is -3.92. The van der Waals surface area contributed by atoms with E-state index in [1.165, 1.54) is 12.1 Å². The van der Waals surface area contributed by atoms with Gasteiger partial charge >= 0.3 is 5.97 Å². The first kappa shape index (κ1) is 31.3. The van der Waals surface area contributed by atoms with E-state index in [9.17, 15) is 29.4 Å². The van der Waals surface area contributed by atoms with Crippen LogP contribution in [-0.4, -0.2) is 58.1 Å². The van der Waals surface area contributed by atoms with Crippen molar-refractivity contribution in [2.45, 2.75) is 71.1 Å². The molecule has 39 heavy (non-hydrogen) atoms. The number of nitrogens with one attached hydrogen (secondary N) is 3. The Bertz CT molecular complexity index is 1110. The van der Waals surface area contributed by atoms with Crippen LogP contribution >= 0.6 is 0 Å². The quantitative estimate of drug-likeness (QED) is 0.212. The maximum Gasteiger partial charge on any atom is 0.326 e. The van der Waals surface area contributed by atoms with Crippen LogP contribution in [0.25, 0.3) is 0 Å². The van der Waals surface area contributed by atoms with Gasteiger partial charge in [0.15, 0.2) is 0 Å². The van der Waals surface area contributed by atoms with Crippen molar-refractivity contribution < 1.29 is 29.4 Å². The second-order valence-electron chi connectivity index (χ2n) is 10.2. The van der Waals surface area contributed by atoms with Gasteiger partial charge in [-0.05, 0) is 35.1 Å². The molecular weight excluding hydrogens is 500 g/mol. The zero-order valence-electron chi connectivity index (χ0n) is 22.9. The summed E-state index contributed by atoms with van der Waals surface area (Å²) in [6, 6.07) is 11.0. The number of carbonyl (C=O) groups excluding carboxylic acids is 3. The van der Waals surface area contributed by atoms with Crippen LogP contribution in [0.1, 0.15) is 45.2 Å². The van der Waals surface area contributed by atoms with Gasteiger partial charge in [0.1, 0.15) is 23.9 Å². The van der Waals surface area contributed by atoms with Crippen molar-refractivity contribution >= 4 is 23.7 Å². The molecule has 0 spiro atoms. The number of carboxylic acids is 1. The molecule has 0 saturated carbocycles. The lowest BCUT2D eigenvalue weighted by Crippen LogP contribution is -2.59. The van der Waals surface area contributed by atoms with Crippen molar-refractivity contribution in [2.75, 3.05) is 0 Å². The number of rotatable bonds is 14. The lowest BCUT2D eigenvalue weighted by Gasteiger charge is -2.28. The number of aromatic hydroxyl groups is 1. The number of aliphatic carboxylic acids is 1. The van der Waals surface area contributed by atoms with E-state index in [2.05, 4.69) is 16.0 Å². The monoisotopic (exact) mass is 540 g/mol. The predicted molar refractivity (Wildman–Crippen MR) is 148 cm³/mol. The molecule has 2 aromatic rings. The van der Waals surface area contributed by atoms with E-state index in [0.29, 0.717) is 12.0 Å². The van der Waals surface area contributed by atoms with Crippen LogP contribution in [0.5, 0.6) is 5.75 Å². The Balaban J connectivity index is 2.25. The van der Waals surface area contributed by atoms with Crippen molar-refractivity contribution in [3.8, 4) is 5.75 Å². The first-order chi connectivity index (χ1) is 18.4. The van der Waals surface area contributed by atoms with Crippen LogP contribution in [0.15, 0.2) is 54.6 Å². The van der Waals surface area contributed by atoms with Gasteiger partial charge in [-0.15, -0.1) is 0 Å². The Morgan fingerprint density at radius 1 is 0.769 bits per heavy atom. The fraction of sp³-hybridized carbons (Fsp3) is 0.448. The third-order valence-corrected chi connectivity index (χ3v) is 6.72. The third kappa shape index (κ3) is 9.72. The van der Waals surface area contributed by atoms with Crippen LogP contribution in [0.2, 0.25) is 0 Å². The average Bonchev–Trinajstić information content (AvgIpc) is 2.91. The van der Waals surface area contributed by atoms with E-state index < -0.39 is 47.9 Å². The second-order valence-corrected chi connectivity index (χ2v) is 10.2. The van der Waals surface area contributed by atoms with Gasteiger partial charge in [-0.2, -0.15) is 0 Å². The van der Waals surface area contributed by atoms with Crippen LogP contribution in [0, 0.1) is 11.8 Å². The van der Waals surface area contributed by atoms with Gasteiger partial charge in [-0.25, -0.2) is 4.79 Å². The number of carbonyl (C=O) groups is 4. The van der Waals surface area contributed by atoms with E-state index in [1.807, 2.05) is 13.0 Å². The van der Waals surface area contributed by atoms with Gasteiger partial charge in [-0.3, -0.25) is 14.4 Å². The maximum atomic E-state index is 13.5. The largest absolute Gasteiger partial charge is 0.508 e. The summed E-state index contributed by atoms with van der Waals surface area (Å²) in [4.78, 5) is 51.4. The fourth-order valence-corrected chi connectivity index (χ4v) is 3.91. The average molecular weight is 541 g/mol. The van der Waals surface area contributed by atoms with Gasteiger partial charge in [-0.1, -0.05) is 76.6 Å². The molecule has 0 heterocycles. The van der Waals surface area contributed by atoms with Crippen molar-refractivity contribution in [1.82, 2.24) is 16.0 Å². The zero-order chi connectivity index (χ0) is 29.1. The van der Waals surface area contributed by atoms with Gasteiger partial charge < -0.3 is 31.9 Å². The molecule has 0 bridgehead atoms. The second kappa shape index (κ2) is 14.9. The number of nitrogens with two attached hydrogens (primary N) is 1. The van der Waals surface area contributed by atoms with Crippen LogP contribution in [0.3, 0.4) is 0 Å². The van der Waals surface area contributed by atoms with Crippen LogP contribution < -0.4 is 21.7 Å². The predicted octanol–water partition coefficient (Wildman–Crippen LogP) is 1.75. The molecule has 0 aliphatic heterocycles. The van der Waals surface area contributed by atoms with Crippen molar-refractivity contribution in [1.29, 1.82) is 0 Å². The number of hydrogen-bond donors (Lipinski definition) is 6. The summed E-state index contributed by atoms with van der Waals surface area (Å²) < 4.78 is 0. The summed E-state index contributed by atoms with van der Waals surface area (Å²) >= 11 is 0. The molecule has 0 saturated heterocycles. The van der Waals surface area contributed by atoms with E-state index in [-0.39, 0.29) is 30.4 Å². The first-order valence-corrected chi connectivity index (χ1v) is 13.1. The van der Waals surface area contributed by atoms with Crippen molar-refractivity contribution in [2.24, 2.45) is 17.6 Å². The number of amides is 3. The highest BCUT2D eigenvalue weighted by molar-refractivity contribution is 5.94. The Kier molecular flexibility index (Phi) is 11.9. The normalized spacial score (nSPS) is 14.9. The van der Waals surface area contributed by atoms with Gasteiger partial charge in [0.05, 0.1) is 6.04 Å². The number of hydrogen-bond acceptors (Lipinski definition) is 6. The summed E-state index contributed by atoms with van der Waals surface area (Å²) in [5, 5.41) is 27.3. The summed E-state index contributed by atoms with van der Waals surface area (Å²) in [6.45, 7) is 7.21. The SMILES string of the molecule is CCC(C)C(NC(=O)C(Cc1ccc(O)cc1)NC(=O)C(N)C(C)C)C(=O)NC(Cc1ccccc1)C(=O)O. The van der Waals surface area contributed by atoms with E-state index in [0.717, 1.165) is 5.56 Å². The summed E-state index contributed by atoms with van der Waals surface area (Å²) in [6.07, 6.45) is 0.695. The highest BCUT2D eigenvalue weighted by Crippen LogP contribution is 2.14. The smallest absolute Gasteiger partial charge is 0.326 e. The maximum absolute atomic E-state index is 13.5. The number of benzene rings is 2. The highest BCUT2D eigenvalue weighted by Gasteiger charge is 2.33. The molecule has 5 unspecified atom stereocenters. The number of phenolic OH excluding ortho intramolecular Hbond substituents is 1. The Morgan fingerprint density at radius 3 is 1.85 bits per heavy atom. The molecule has 5 atom stereocenters. The molecule has 0 aromatic heterocycles. The zero-order valence-corrected chi connectivity index (χ0v) is 22.9. The molecule has 7 N–H and O–H groups in total. The molecule has 10 heteroatoms. The standard InChI is InChI=1S/C29H40N4O6/c1-5-18(4)25(28(37)32-23(29(38)39)16-19-9-7-6-8-10-19)33-26(35)22(31-27(36)24(30)17(2)3)15-20-11-13-21(34)14-12-20/h6-14,17-18,22-25,34H,5,15-16,30H2,1-4H3,(H,31,36)(H,32,37)(H,33,35)(H,38,39). The Labute approximate surface area is 229 Å². The molecule has 0 radical (unpaired) electrons. The van der Waals surface area contributed by atoms with Gasteiger partial charge in [0.2, 0.25) is 17.7 Å². The molecule has 10 nitrogen and oxygen atoms in total. The third-order valence-electron chi connectivity index (χ3n) is 6.72. The highest BCUT2D eigenvalue weighted by atomic mass is 16.4. The molecule has 0 aliphatic carbocycles. The Morgan fingerprint density at radius 2 is 1.31 bits per heavy atom. The number of carboxylic acid groups (broad SMARTS) is 1. The summed E-state index contributed by atoms with van der Waals surface area (Å²) in [5.41, 5.74) is 7.40. The van der Waals surface area contributed by atoms with E-state index >= 15 is 0 Å². The minimum absolute atomic E-state index is 0.0580. The molecule has 3 amide bonds. The van der Waals surface area contributed by atoms with Crippen LogP contribution in [-0.2, 0) is 32.0 Å². The molecule has 0 aliphatic rings. The molecular formula is C29H40N4O6. The minimum atomic E-state index is -1.19. The fourth-order valence-electron chi connectivity index (χ4n) is 3.91. The lowest BCUT2D eigenvalue weighted by molar-refractivity contribution is -0.142. The van der Waals surface area contributed by atoms with E-state index in [4.69, 9.17) is 5.73 Å². The van der Waals surface area contributed by atoms with E-state index in [1.54, 1.807) is 57.2 Å². The van der Waals surface area contributed by atoms with Crippen molar-refractivity contribution in [3.05, 3.63) is 65.7 Å². The summed E-state index contributed by atoms with van der Waals surface area (Å²) in [7, 11) is 0. The lowest BCUT2D eigenvalue weighted by atomic mass is 9.96. The van der Waals surface area contributed by atoms with Gasteiger partial charge in [0.25, 0.3) is 0 Å². The molecule has 2 rings (SSSR count). The van der Waals surface area contributed by atoms with Gasteiger partial charge in [0, 0.05) is 12.8 Å². The minimum Gasteiger partial charge on any atom is -0.508 e. The first-order valence-electron chi connectivity index (χ1n) is 13.1. The topological polar surface area (TPSA) is 171 Å². The molecule has 212 valence electrons. The summed E-state index contributed by atoms with van der Waals surface area (Å²) in [5.74, 6) is -3.38. The molecule has 2 aromatic carbocycles. The molecule has 0 fully saturated rings. The van der Waals surface area contributed by atoms with Crippen molar-refractivity contribution in [3.63, 3.8) is 0 Å². The number of phenols is 1. The van der Waals surface area contributed by atoms with Crippen LogP contribution in [0.4, 0.5) is 0 Å².